The number of carboxylic acids is 1. The van der Waals surface area contributed by atoms with Gasteiger partial charge in [-0.15, -0.1) is 0 Å². The minimum atomic E-state index is -0.507. The molecule has 0 amide bonds. The van der Waals surface area contributed by atoms with Gasteiger partial charge in [0.2, 0.25) is 0 Å². The van der Waals surface area contributed by atoms with Crippen molar-refractivity contribution in [3.05, 3.63) is 0 Å². The predicted octanol–water partition coefficient (Wildman–Crippen LogP) is 5.78. The van der Waals surface area contributed by atoms with Crippen LogP contribution in [0.2, 0.25) is 0 Å². The lowest BCUT2D eigenvalue weighted by molar-refractivity contribution is -0.157. The monoisotopic (exact) mass is 358 g/mol. The van der Waals surface area contributed by atoms with Crippen molar-refractivity contribution in [2.24, 2.45) is 17.3 Å². The van der Waals surface area contributed by atoms with Crippen LogP contribution in [-0.4, -0.2) is 15.9 Å². The van der Waals surface area contributed by atoms with Crippen molar-refractivity contribution in [3.8, 4) is 0 Å². The van der Waals surface area contributed by atoms with Gasteiger partial charge in [-0.05, 0) is 63.2 Å². The number of hydrogen-bond donors (Lipinski definition) is 1. The summed E-state index contributed by atoms with van der Waals surface area (Å²) < 4.78 is 0. The molecule has 2 saturated carbocycles. The van der Waals surface area contributed by atoms with Gasteiger partial charge < -0.3 is 5.11 Å². The highest BCUT2D eigenvalue weighted by Gasteiger charge is 2.48. The molecule has 1 N–H and O–H groups in total. The van der Waals surface area contributed by atoms with Gasteiger partial charge in [0, 0.05) is 4.83 Å². The minimum absolute atomic E-state index is 0.394. The predicted molar refractivity (Wildman–Crippen MR) is 90.8 cm³/mol. The Morgan fingerprint density at radius 2 is 1.71 bits per heavy atom. The van der Waals surface area contributed by atoms with Gasteiger partial charge in [-0.3, -0.25) is 4.79 Å². The molecule has 0 spiro atoms. The molecule has 2 aliphatic rings. The molecule has 122 valence electrons. The van der Waals surface area contributed by atoms with Crippen molar-refractivity contribution >= 4 is 21.9 Å². The topological polar surface area (TPSA) is 37.3 Å². The van der Waals surface area contributed by atoms with Crippen LogP contribution < -0.4 is 0 Å². The van der Waals surface area contributed by atoms with Gasteiger partial charge >= 0.3 is 5.97 Å². The number of alkyl halides is 1. The zero-order valence-corrected chi connectivity index (χ0v) is 15.0. The van der Waals surface area contributed by atoms with Gasteiger partial charge in [-0.1, -0.05) is 48.5 Å². The molecule has 0 aliphatic heterocycles. The first-order chi connectivity index (χ1) is 10.1. The first-order valence-corrected chi connectivity index (χ1v) is 9.87. The molecule has 0 aromatic carbocycles. The van der Waals surface area contributed by atoms with Gasteiger partial charge in [0.05, 0.1) is 5.41 Å². The number of aliphatic carboxylic acids is 1. The number of halogens is 1. The largest absolute Gasteiger partial charge is 0.481 e. The molecule has 0 unspecified atom stereocenters. The van der Waals surface area contributed by atoms with Gasteiger partial charge in [0.1, 0.15) is 0 Å². The Morgan fingerprint density at radius 1 is 1.10 bits per heavy atom. The summed E-state index contributed by atoms with van der Waals surface area (Å²) in [5.41, 5.74) is -0.394. The summed E-state index contributed by atoms with van der Waals surface area (Å²) in [7, 11) is 0. The molecule has 0 heterocycles. The quantitative estimate of drug-likeness (QED) is 0.482. The lowest BCUT2D eigenvalue weighted by Crippen LogP contribution is -2.43. The van der Waals surface area contributed by atoms with Crippen molar-refractivity contribution in [2.75, 3.05) is 0 Å². The van der Waals surface area contributed by atoms with E-state index in [1.54, 1.807) is 0 Å². The molecule has 2 fully saturated rings. The van der Waals surface area contributed by atoms with Crippen molar-refractivity contribution < 1.29 is 9.90 Å². The van der Waals surface area contributed by atoms with E-state index in [2.05, 4.69) is 22.9 Å². The number of carbonyl (C=O) groups is 1. The molecule has 21 heavy (non-hydrogen) atoms. The zero-order valence-electron chi connectivity index (χ0n) is 13.5. The van der Waals surface area contributed by atoms with Crippen LogP contribution in [0.4, 0.5) is 0 Å². The first-order valence-electron chi connectivity index (χ1n) is 8.96. The third kappa shape index (κ3) is 4.24. The lowest BCUT2D eigenvalue weighted by Gasteiger charge is -2.44. The van der Waals surface area contributed by atoms with Crippen molar-refractivity contribution in [3.63, 3.8) is 0 Å². The van der Waals surface area contributed by atoms with Crippen LogP contribution in [0.5, 0.6) is 0 Å². The molecule has 0 bridgehead atoms. The molecule has 0 saturated heterocycles. The van der Waals surface area contributed by atoms with Crippen molar-refractivity contribution in [1.29, 1.82) is 0 Å². The number of rotatable bonds is 6. The molecule has 0 aromatic heterocycles. The molecular weight excluding hydrogens is 328 g/mol. The highest BCUT2D eigenvalue weighted by Crippen LogP contribution is 2.51. The van der Waals surface area contributed by atoms with E-state index in [1.807, 2.05) is 0 Å². The third-order valence-electron chi connectivity index (χ3n) is 6.08. The molecule has 0 aromatic rings. The van der Waals surface area contributed by atoms with E-state index in [0.29, 0.717) is 10.7 Å². The van der Waals surface area contributed by atoms with Crippen molar-refractivity contribution in [2.45, 2.75) is 88.8 Å². The van der Waals surface area contributed by atoms with E-state index in [0.717, 1.165) is 57.3 Å². The lowest BCUT2D eigenvalue weighted by atomic mass is 9.59. The second-order valence-electron chi connectivity index (χ2n) is 7.35. The fourth-order valence-corrected chi connectivity index (χ4v) is 5.10. The van der Waals surface area contributed by atoms with Crippen molar-refractivity contribution in [1.82, 2.24) is 0 Å². The van der Waals surface area contributed by atoms with E-state index in [-0.39, 0.29) is 0 Å². The second kappa shape index (κ2) is 7.99. The van der Waals surface area contributed by atoms with Crippen LogP contribution in [0, 0.1) is 17.3 Å². The van der Waals surface area contributed by atoms with Gasteiger partial charge in [0.25, 0.3) is 0 Å². The van der Waals surface area contributed by atoms with Crippen LogP contribution in [0.3, 0.4) is 0 Å². The number of unbranched alkanes of at least 4 members (excludes halogenated alkanes) is 2. The molecule has 2 nitrogen and oxygen atoms in total. The molecule has 3 heteroatoms. The summed E-state index contributed by atoms with van der Waals surface area (Å²) in [6.45, 7) is 2.25. The summed E-state index contributed by atoms with van der Waals surface area (Å²) in [5, 5.41) is 9.90. The smallest absolute Gasteiger partial charge is 0.309 e. The molecule has 2 aliphatic carbocycles. The maximum Gasteiger partial charge on any atom is 0.309 e. The summed E-state index contributed by atoms with van der Waals surface area (Å²) in [4.78, 5) is 12.6. The first kappa shape index (κ1) is 17.3. The normalized spacial score (nSPS) is 37.3. The molecular formula is C18H31BrO2. The fraction of sp³-hybridized carbons (Fsp3) is 0.944. The van der Waals surface area contributed by atoms with E-state index in [4.69, 9.17) is 0 Å². The van der Waals surface area contributed by atoms with Crippen LogP contribution >= 0.6 is 15.9 Å². The van der Waals surface area contributed by atoms with Crippen LogP contribution in [-0.2, 0) is 4.79 Å². The maximum atomic E-state index is 12.0. The minimum Gasteiger partial charge on any atom is -0.481 e. The summed E-state index contributed by atoms with van der Waals surface area (Å²) in [6.07, 6.45) is 13.9. The Balaban J connectivity index is 1.91. The van der Waals surface area contributed by atoms with Crippen LogP contribution in [0.15, 0.2) is 0 Å². The Kier molecular flexibility index (Phi) is 6.58. The third-order valence-corrected chi connectivity index (χ3v) is 6.99. The fourth-order valence-electron chi connectivity index (χ4n) is 4.57. The van der Waals surface area contributed by atoms with E-state index < -0.39 is 11.4 Å². The SMILES string of the molecule is CCCCCC1CCC(C(=O)O)(C2CCC(Br)CC2)CC1. The molecule has 2 rings (SSSR count). The van der Waals surface area contributed by atoms with E-state index >= 15 is 0 Å². The molecule has 0 radical (unpaired) electrons. The average molecular weight is 359 g/mol. The van der Waals surface area contributed by atoms with E-state index in [1.165, 1.54) is 25.7 Å². The highest BCUT2D eigenvalue weighted by molar-refractivity contribution is 9.09. The Bertz CT molecular complexity index is 326. The Hall–Kier alpha value is -0.0500. The standard InChI is InChI=1S/C18H31BrO2/c1-2-3-4-5-14-10-12-18(13-11-14,17(20)21)15-6-8-16(19)9-7-15/h14-16H,2-13H2,1H3,(H,20,21). The summed E-state index contributed by atoms with van der Waals surface area (Å²) >= 11 is 3.69. The Morgan fingerprint density at radius 3 is 2.24 bits per heavy atom. The van der Waals surface area contributed by atoms with Gasteiger partial charge in [-0.2, -0.15) is 0 Å². The zero-order chi connectivity index (χ0) is 15.3. The van der Waals surface area contributed by atoms with Gasteiger partial charge in [0.15, 0.2) is 0 Å². The summed E-state index contributed by atoms with van der Waals surface area (Å²) in [5.74, 6) is 0.699. The van der Waals surface area contributed by atoms with Gasteiger partial charge in [-0.25, -0.2) is 0 Å². The number of carboxylic acid groups (broad SMARTS) is 1. The van der Waals surface area contributed by atoms with Crippen LogP contribution in [0.25, 0.3) is 0 Å². The average Bonchev–Trinajstić information content (AvgIpc) is 2.49. The summed E-state index contributed by atoms with van der Waals surface area (Å²) in [6, 6.07) is 0. The van der Waals surface area contributed by atoms with Crippen LogP contribution in [0.1, 0.15) is 84.0 Å². The molecule has 0 atom stereocenters. The van der Waals surface area contributed by atoms with E-state index in [9.17, 15) is 9.90 Å². The second-order valence-corrected chi connectivity index (χ2v) is 8.64. The number of hydrogen-bond acceptors (Lipinski definition) is 1. The highest BCUT2D eigenvalue weighted by atomic mass is 79.9. The Labute approximate surface area is 138 Å². The maximum absolute atomic E-state index is 12.0.